The lowest BCUT2D eigenvalue weighted by atomic mass is 10.00. The SMILES string of the molecule is COc1ccc(C(C)F)cc1C1(N)CC1. The summed E-state index contributed by atoms with van der Waals surface area (Å²) in [6, 6.07) is 5.38. The van der Waals surface area contributed by atoms with Gasteiger partial charge < -0.3 is 10.5 Å². The van der Waals surface area contributed by atoms with Crippen molar-refractivity contribution in [3.05, 3.63) is 29.3 Å². The maximum Gasteiger partial charge on any atom is 0.123 e. The molecular weight excluding hydrogens is 193 g/mol. The predicted octanol–water partition coefficient (Wildman–Crippen LogP) is 2.67. The molecule has 0 amide bonds. The Labute approximate surface area is 89.2 Å². The first-order valence-electron chi connectivity index (χ1n) is 5.18. The van der Waals surface area contributed by atoms with E-state index < -0.39 is 6.17 Å². The molecule has 0 bridgehead atoms. The number of rotatable bonds is 3. The van der Waals surface area contributed by atoms with Crippen LogP contribution < -0.4 is 10.5 Å². The quantitative estimate of drug-likeness (QED) is 0.830. The van der Waals surface area contributed by atoms with E-state index in [1.807, 2.05) is 6.07 Å². The Bertz CT molecular complexity index is 372. The fourth-order valence-corrected chi connectivity index (χ4v) is 1.77. The minimum absolute atomic E-state index is 0.282. The van der Waals surface area contributed by atoms with Crippen molar-refractivity contribution in [1.82, 2.24) is 0 Å². The zero-order valence-corrected chi connectivity index (χ0v) is 9.09. The van der Waals surface area contributed by atoms with E-state index in [1.165, 1.54) is 6.92 Å². The molecule has 2 N–H and O–H groups in total. The number of alkyl halides is 1. The van der Waals surface area contributed by atoms with Gasteiger partial charge in [-0.25, -0.2) is 4.39 Å². The van der Waals surface area contributed by atoms with Crippen molar-refractivity contribution in [3.63, 3.8) is 0 Å². The molecule has 1 aliphatic rings. The lowest BCUT2D eigenvalue weighted by Gasteiger charge is -2.16. The van der Waals surface area contributed by atoms with Crippen molar-refractivity contribution >= 4 is 0 Å². The van der Waals surface area contributed by atoms with Crippen LogP contribution >= 0.6 is 0 Å². The van der Waals surface area contributed by atoms with Crippen molar-refractivity contribution in [1.29, 1.82) is 0 Å². The third kappa shape index (κ3) is 1.84. The monoisotopic (exact) mass is 209 g/mol. The Balaban J connectivity index is 2.44. The van der Waals surface area contributed by atoms with Crippen LogP contribution in [0.25, 0.3) is 0 Å². The topological polar surface area (TPSA) is 35.2 Å². The zero-order chi connectivity index (χ0) is 11.1. The molecule has 1 fully saturated rings. The van der Waals surface area contributed by atoms with E-state index in [2.05, 4.69) is 0 Å². The minimum Gasteiger partial charge on any atom is -0.496 e. The van der Waals surface area contributed by atoms with Crippen LogP contribution in [0.1, 0.15) is 37.1 Å². The second kappa shape index (κ2) is 3.49. The highest BCUT2D eigenvalue weighted by Gasteiger charge is 2.42. The fourth-order valence-electron chi connectivity index (χ4n) is 1.77. The summed E-state index contributed by atoms with van der Waals surface area (Å²) in [7, 11) is 1.61. The van der Waals surface area contributed by atoms with Gasteiger partial charge in [0.1, 0.15) is 11.9 Å². The van der Waals surface area contributed by atoms with Crippen molar-refractivity contribution in [2.24, 2.45) is 5.73 Å². The molecule has 0 heterocycles. The lowest BCUT2D eigenvalue weighted by Crippen LogP contribution is -2.20. The van der Waals surface area contributed by atoms with Gasteiger partial charge in [-0.2, -0.15) is 0 Å². The molecule has 82 valence electrons. The summed E-state index contributed by atoms with van der Waals surface area (Å²) in [4.78, 5) is 0. The molecule has 2 nitrogen and oxygen atoms in total. The number of hydrogen-bond acceptors (Lipinski definition) is 2. The number of hydrogen-bond donors (Lipinski definition) is 1. The van der Waals surface area contributed by atoms with Gasteiger partial charge in [0.25, 0.3) is 0 Å². The molecule has 0 radical (unpaired) electrons. The normalized spacial score (nSPS) is 19.7. The van der Waals surface area contributed by atoms with E-state index in [0.717, 1.165) is 24.2 Å². The average Bonchev–Trinajstić information content (AvgIpc) is 2.96. The zero-order valence-electron chi connectivity index (χ0n) is 9.09. The molecule has 0 spiro atoms. The van der Waals surface area contributed by atoms with Gasteiger partial charge in [0.05, 0.1) is 7.11 Å². The molecule has 1 aromatic rings. The minimum atomic E-state index is -0.961. The van der Waals surface area contributed by atoms with Crippen LogP contribution in [0.5, 0.6) is 5.75 Å². The Morgan fingerprint density at radius 3 is 2.60 bits per heavy atom. The van der Waals surface area contributed by atoms with Crippen LogP contribution in [0.15, 0.2) is 18.2 Å². The second-order valence-corrected chi connectivity index (χ2v) is 4.23. The Morgan fingerprint density at radius 1 is 1.47 bits per heavy atom. The molecule has 1 unspecified atom stereocenters. The van der Waals surface area contributed by atoms with E-state index in [9.17, 15) is 4.39 Å². The number of methoxy groups -OCH3 is 1. The van der Waals surface area contributed by atoms with Crippen molar-refractivity contribution in [2.45, 2.75) is 31.5 Å². The summed E-state index contributed by atoms with van der Waals surface area (Å²) in [6.07, 6.45) is 0.943. The summed E-state index contributed by atoms with van der Waals surface area (Å²) >= 11 is 0. The number of nitrogens with two attached hydrogens (primary N) is 1. The van der Waals surface area contributed by atoms with Crippen LogP contribution in [0, 0.1) is 0 Å². The molecule has 1 saturated carbocycles. The summed E-state index contributed by atoms with van der Waals surface area (Å²) in [5.74, 6) is 0.763. The number of benzene rings is 1. The maximum atomic E-state index is 13.2. The van der Waals surface area contributed by atoms with E-state index in [-0.39, 0.29) is 5.54 Å². The predicted molar refractivity (Wildman–Crippen MR) is 57.6 cm³/mol. The fraction of sp³-hybridized carbons (Fsp3) is 0.500. The van der Waals surface area contributed by atoms with Crippen LogP contribution in [-0.4, -0.2) is 7.11 Å². The Morgan fingerprint density at radius 2 is 2.13 bits per heavy atom. The Kier molecular flexibility index (Phi) is 2.43. The van der Waals surface area contributed by atoms with Crippen LogP contribution in [0.3, 0.4) is 0 Å². The maximum absolute atomic E-state index is 13.2. The molecule has 0 saturated heterocycles. The highest BCUT2D eigenvalue weighted by molar-refractivity contribution is 5.45. The van der Waals surface area contributed by atoms with Gasteiger partial charge >= 0.3 is 0 Å². The smallest absolute Gasteiger partial charge is 0.123 e. The molecule has 2 rings (SSSR count). The number of ether oxygens (including phenoxy) is 1. The van der Waals surface area contributed by atoms with Gasteiger partial charge in [-0.15, -0.1) is 0 Å². The summed E-state index contributed by atoms with van der Waals surface area (Å²) < 4.78 is 18.4. The standard InChI is InChI=1S/C12H16FNO/c1-8(13)9-3-4-11(15-2)10(7-9)12(14)5-6-12/h3-4,7-8H,5-6,14H2,1-2H3. The van der Waals surface area contributed by atoms with Crippen LogP contribution in [-0.2, 0) is 5.54 Å². The highest BCUT2D eigenvalue weighted by atomic mass is 19.1. The molecule has 0 aliphatic heterocycles. The van der Waals surface area contributed by atoms with Gasteiger partial charge in [-0.3, -0.25) is 0 Å². The van der Waals surface area contributed by atoms with Crippen molar-refractivity contribution in [3.8, 4) is 5.75 Å². The van der Waals surface area contributed by atoms with E-state index in [0.29, 0.717) is 5.56 Å². The van der Waals surface area contributed by atoms with Gasteiger partial charge in [-0.1, -0.05) is 6.07 Å². The molecule has 3 heteroatoms. The van der Waals surface area contributed by atoms with Crippen LogP contribution in [0.2, 0.25) is 0 Å². The first kappa shape index (κ1) is 10.4. The third-order valence-electron chi connectivity index (χ3n) is 3.01. The van der Waals surface area contributed by atoms with E-state index >= 15 is 0 Å². The first-order valence-corrected chi connectivity index (χ1v) is 5.18. The molecule has 0 aromatic heterocycles. The molecular formula is C12H16FNO. The van der Waals surface area contributed by atoms with Gasteiger partial charge in [0.2, 0.25) is 0 Å². The molecule has 15 heavy (non-hydrogen) atoms. The second-order valence-electron chi connectivity index (χ2n) is 4.23. The van der Waals surface area contributed by atoms with E-state index in [4.69, 9.17) is 10.5 Å². The van der Waals surface area contributed by atoms with Gasteiger partial charge in [0.15, 0.2) is 0 Å². The average molecular weight is 209 g/mol. The summed E-state index contributed by atoms with van der Waals surface area (Å²) in [5, 5.41) is 0. The van der Waals surface area contributed by atoms with Crippen molar-refractivity contribution < 1.29 is 9.13 Å². The lowest BCUT2D eigenvalue weighted by molar-refractivity contribution is 0.371. The summed E-state index contributed by atoms with van der Waals surface area (Å²) in [5.41, 5.74) is 7.44. The largest absolute Gasteiger partial charge is 0.496 e. The van der Waals surface area contributed by atoms with Gasteiger partial charge in [0, 0.05) is 11.1 Å². The first-order chi connectivity index (χ1) is 7.07. The van der Waals surface area contributed by atoms with Gasteiger partial charge in [-0.05, 0) is 37.5 Å². The van der Waals surface area contributed by atoms with Crippen LogP contribution in [0.4, 0.5) is 4.39 Å². The highest BCUT2D eigenvalue weighted by Crippen LogP contribution is 2.47. The van der Waals surface area contributed by atoms with E-state index in [1.54, 1.807) is 19.2 Å². The van der Waals surface area contributed by atoms with Crippen molar-refractivity contribution in [2.75, 3.05) is 7.11 Å². The third-order valence-corrected chi connectivity index (χ3v) is 3.01. The molecule has 1 aromatic carbocycles. The molecule has 1 aliphatic carbocycles. The number of halogens is 1. The Hall–Kier alpha value is -1.09. The molecule has 1 atom stereocenters. The summed E-state index contributed by atoms with van der Waals surface area (Å²) in [6.45, 7) is 1.53.